The first-order valence-corrected chi connectivity index (χ1v) is 9.08. The molecule has 22 heavy (non-hydrogen) atoms. The number of ether oxygens (including phenoxy) is 1. The topological polar surface area (TPSA) is 75.7 Å². The number of fused-ring (bicyclic) bond motifs is 1. The molecule has 1 aromatic carbocycles. The highest BCUT2D eigenvalue weighted by Crippen LogP contribution is 2.34. The van der Waals surface area contributed by atoms with Crippen LogP contribution < -0.4 is 14.4 Å². The normalized spacial score (nSPS) is 19.3. The summed E-state index contributed by atoms with van der Waals surface area (Å²) in [6, 6.07) is 6.80. The molecule has 0 aliphatic carbocycles. The predicted octanol–water partition coefficient (Wildman–Crippen LogP) is 1.37. The zero-order valence-corrected chi connectivity index (χ0v) is 14.1. The number of carbonyl (C=O) groups is 1. The van der Waals surface area contributed by atoms with Gasteiger partial charge in [0.2, 0.25) is 10.0 Å². The van der Waals surface area contributed by atoms with Crippen molar-refractivity contribution in [2.24, 2.45) is 5.92 Å². The van der Waals surface area contributed by atoms with Gasteiger partial charge in [0, 0.05) is 6.04 Å². The summed E-state index contributed by atoms with van der Waals surface area (Å²) in [5.41, 5.74) is 0.464. The Labute approximate surface area is 131 Å². The summed E-state index contributed by atoms with van der Waals surface area (Å²) in [6.07, 6.45) is 0.270. The van der Waals surface area contributed by atoms with E-state index in [0.717, 1.165) is 6.26 Å². The summed E-state index contributed by atoms with van der Waals surface area (Å²) in [7, 11) is -3.48. The van der Waals surface area contributed by atoms with Crippen molar-refractivity contribution in [3.8, 4) is 5.75 Å². The molecule has 0 saturated heterocycles. The third-order valence-electron chi connectivity index (χ3n) is 3.80. The molecular formula is C15H22N2O4S. The molecule has 1 heterocycles. The molecule has 1 aliphatic rings. The molecule has 1 aromatic rings. The van der Waals surface area contributed by atoms with E-state index >= 15 is 0 Å². The number of benzene rings is 1. The molecule has 0 spiro atoms. The second kappa shape index (κ2) is 6.16. The minimum absolute atomic E-state index is 0.0139. The average molecular weight is 326 g/mol. The van der Waals surface area contributed by atoms with Gasteiger partial charge in [-0.15, -0.1) is 0 Å². The van der Waals surface area contributed by atoms with Gasteiger partial charge in [0.1, 0.15) is 5.75 Å². The zero-order chi connectivity index (χ0) is 16.5. The molecule has 0 fully saturated rings. The van der Waals surface area contributed by atoms with Crippen LogP contribution in [0.25, 0.3) is 0 Å². The first-order valence-electron chi connectivity index (χ1n) is 7.24. The molecule has 7 heteroatoms. The van der Waals surface area contributed by atoms with E-state index in [4.69, 9.17) is 4.74 Å². The molecular weight excluding hydrogens is 304 g/mol. The summed E-state index contributed by atoms with van der Waals surface area (Å²) < 4.78 is 30.9. The zero-order valence-electron chi connectivity index (χ0n) is 13.2. The molecule has 2 atom stereocenters. The van der Waals surface area contributed by atoms with E-state index in [1.165, 1.54) is 4.31 Å². The van der Waals surface area contributed by atoms with Gasteiger partial charge in [-0.25, -0.2) is 8.42 Å². The smallest absolute Gasteiger partial charge is 0.263 e. The van der Waals surface area contributed by atoms with Crippen LogP contribution in [0.4, 0.5) is 5.69 Å². The van der Waals surface area contributed by atoms with Crippen molar-refractivity contribution in [1.29, 1.82) is 0 Å². The first kappa shape index (κ1) is 16.6. The van der Waals surface area contributed by atoms with Crippen molar-refractivity contribution in [1.82, 2.24) is 5.32 Å². The lowest BCUT2D eigenvalue weighted by Gasteiger charge is -2.34. The maximum Gasteiger partial charge on any atom is 0.263 e. The third-order valence-corrected chi connectivity index (χ3v) is 4.94. The summed E-state index contributed by atoms with van der Waals surface area (Å²) in [5.74, 6) is 0.381. The van der Waals surface area contributed by atoms with Crippen molar-refractivity contribution in [2.75, 3.05) is 17.1 Å². The van der Waals surface area contributed by atoms with Crippen molar-refractivity contribution < 1.29 is 17.9 Å². The lowest BCUT2D eigenvalue weighted by Crippen LogP contribution is -2.52. The van der Waals surface area contributed by atoms with Crippen LogP contribution in [-0.4, -0.2) is 39.3 Å². The van der Waals surface area contributed by atoms with Gasteiger partial charge in [-0.05, 0) is 25.0 Å². The minimum Gasteiger partial charge on any atom is -0.476 e. The number of carbonyl (C=O) groups excluding carboxylic acids is 1. The van der Waals surface area contributed by atoms with Crippen LogP contribution in [0, 0.1) is 5.92 Å². The van der Waals surface area contributed by atoms with E-state index in [2.05, 4.69) is 5.32 Å². The highest BCUT2D eigenvalue weighted by atomic mass is 32.2. The highest BCUT2D eigenvalue weighted by Gasteiger charge is 2.35. The molecule has 6 nitrogen and oxygen atoms in total. The van der Waals surface area contributed by atoms with Crippen LogP contribution in [0.5, 0.6) is 5.75 Å². The lowest BCUT2D eigenvalue weighted by atomic mass is 10.1. The number of anilines is 1. The lowest BCUT2D eigenvalue weighted by molar-refractivity contribution is -0.128. The SMILES string of the molecule is CC(C)[C@@H](C)NC(=O)[C@H]1CN(S(C)(=O)=O)c2ccccc2O1. The van der Waals surface area contributed by atoms with Gasteiger partial charge in [0.15, 0.2) is 6.10 Å². The van der Waals surface area contributed by atoms with Gasteiger partial charge in [0.05, 0.1) is 18.5 Å². The molecule has 122 valence electrons. The Hall–Kier alpha value is -1.76. The van der Waals surface area contributed by atoms with E-state index in [-0.39, 0.29) is 24.4 Å². The number of sulfonamides is 1. The van der Waals surface area contributed by atoms with E-state index in [1.807, 2.05) is 20.8 Å². The van der Waals surface area contributed by atoms with Gasteiger partial charge < -0.3 is 10.1 Å². The summed E-state index contributed by atoms with van der Waals surface area (Å²) in [4.78, 5) is 12.3. The van der Waals surface area contributed by atoms with Crippen LogP contribution in [0.15, 0.2) is 24.3 Å². The molecule has 1 amide bonds. The number of amides is 1. The Kier molecular flexibility index (Phi) is 4.65. The summed E-state index contributed by atoms with van der Waals surface area (Å²) >= 11 is 0. The quantitative estimate of drug-likeness (QED) is 0.907. The molecule has 0 bridgehead atoms. The van der Waals surface area contributed by atoms with Gasteiger partial charge in [-0.3, -0.25) is 9.10 Å². The number of rotatable bonds is 4. The fourth-order valence-corrected chi connectivity index (χ4v) is 3.05. The van der Waals surface area contributed by atoms with Crippen LogP contribution in [0.1, 0.15) is 20.8 Å². The molecule has 0 saturated carbocycles. The largest absolute Gasteiger partial charge is 0.476 e. The molecule has 1 aliphatic heterocycles. The Morgan fingerprint density at radius 2 is 1.95 bits per heavy atom. The fraction of sp³-hybridized carbons (Fsp3) is 0.533. The van der Waals surface area contributed by atoms with Crippen LogP contribution in [0.3, 0.4) is 0 Å². The predicted molar refractivity (Wildman–Crippen MR) is 85.5 cm³/mol. The number of hydrogen-bond donors (Lipinski definition) is 1. The number of para-hydroxylation sites is 2. The van der Waals surface area contributed by atoms with Gasteiger partial charge in [-0.1, -0.05) is 26.0 Å². The molecule has 0 aromatic heterocycles. The second-order valence-corrected chi connectivity index (χ2v) is 7.82. The van der Waals surface area contributed by atoms with Crippen molar-refractivity contribution >= 4 is 21.6 Å². The van der Waals surface area contributed by atoms with E-state index < -0.39 is 16.1 Å². The van der Waals surface area contributed by atoms with Crippen LogP contribution in [-0.2, 0) is 14.8 Å². The molecule has 2 rings (SSSR count). The molecule has 0 unspecified atom stereocenters. The highest BCUT2D eigenvalue weighted by molar-refractivity contribution is 7.92. The maximum atomic E-state index is 12.3. The number of nitrogens with zero attached hydrogens (tertiary/aromatic N) is 1. The third kappa shape index (κ3) is 3.52. The Balaban J connectivity index is 2.26. The van der Waals surface area contributed by atoms with Crippen molar-refractivity contribution in [2.45, 2.75) is 32.9 Å². The summed E-state index contributed by atoms with van der Waals surface area (Å²) in [5, 5.41) is 2.87. The van der Waals surface area contributed by atoms with Crippen LogP contribution >= 0.6 is 0 Å². The maximum absolute atomic E-state index is 12.3. The standard InChI is InChI=1S/C15H22N2O4S/c1-10(2)11(3)16-15(18)14-9-17(22(4,19)20)12-7-5-6-8-13(12)21-14/h5-8,10-11,14H,9H2,1-4H3,(H,16,18)/t11-,14-/m1/s1. The average Bonchev–Trinajstić information content (AvgIpc) is 2.44. The molecule has 1 N–H and O–H groups in total. The second-order valence-electron chi connectivity index (χ2n) is 5.91. The van der Waals surface area contributed by atoms with Gasteiger partial charge in [0.25, 0.3) is 5.91 Å². The van der Waals surface area contributed by atoms with Gasteiger partial charge in [-0.2, -0.15) is 0 Å². The van der Waals surface area contributed by atoms with Crippen molar-refractivity contribution in [3.05, 3.63) is 24.3 Å². The Morgan fingerprint density at radius 1 is 1.32 bits per heavy atom. The number of hydrogen-bond acceptors (Lipinski definition) is 4. The van der Waals surface area contributed by atoms with Crippen molar-refractivity contribution in [3.63, 3.8) is 0 Å². The van der Waals surface area contributed by atoms with E-state index in [9.17, 15) is 13.2 Å². The monoisotopic (exact) mass is 326 g/mol. The van der Waals surface area contributed by atoms with Gasteiger partial charge >= 0.3 is 0 Å². The fourth-order valence-electron chi connectivity index (χ4n) is 2.14. The first-order chi connectivity index (χ1) is 10.2. The van der Waals surface area contributed by atoms with E-state index in [0.29, 0.717) is 11.4 Å². The number of nitrogens with one attached hydrogen (secondary N) is 1. The molecule has 0 radical (unpaired) electrons. The Morgan fingerprint density at radius 3 is 2.55 bits per heavy atom. The van der Waals surface area contributed by atoms with E-state index in [1.54, 1.807) is 24.3 Å². The minimum atomic E-state index is -3.48. The Bertz CT molecular complexity index is 657. The summed E-state index contributed by atoms with van der Waals surface area (Å²) in [6.45, 7) is 5.90. The van der Waals surface area contributed by atoms with Crippen LogP contribution in [0.2, 0.25) is 0 Å².